The topological polar surface area (TPSA) is 100 Å². The van der Waals surface area contributed by atoms with Gasteiger partial charge in [-0.15, -0.1) is 5.10 Å². The smallest absolute Gasteiger partial charge is 0.239 e. The number of hydrogen-bond donors (Lipinski definition) is 2. The van der Waals surface area contributed by atoms with Crippen LogP contribution in [0, 0.1) is 5.92 Å². The van der Waals surface area contributed by atoms with E-state index in [-0.39, 0.29) is 11.9 Å². The Kier molecular flexibility index (Phi) is 5.68. The first kappa shape index (κ1) is 17.2. The van der Waals surface area contributed by atoms with Crippen molar-refractivity contribution in [1.82, 2.24) is 25.0 Å². The van der Waals surface area contributed by atoms with Crippen molar-refractivity contribution in [2.45, 2.75) is 38.6 Å². The Morgan fingerprint density at radius 1 is 1.33 bits per heavy atom. The standard InChI is InChI=1S/C16H28N6O2/c1-12(21-8-10-24-11-9-21)13-4-6-22(7-5-13)15(23)3-2-14-18-16(17)20-19-14/h12-13H,2-11H2,1H3,(H3,17,18,19,20)/t12-/m1/s1. The molecule has 2 aliphatic rings. The van der Waals surface area contributed by atoms with Gasteiger partial charge in [0.25, 0.3) is 0 Å². The second kappa shape index (κ2) is 7.94. The summed E-state index contributed by atoms with van der Waals surface area (Å²) in [6.07, 6.45) is 3.19. The van der Waals surface area contributed by atoms with E-state index in [1.54, 1.807) is 0 Å². The predicted molar refractivity (Wildman–Crippen MR) is 90.3 cm³/mol. The van der Waals surface area contributed by atoms with Gasteiger partial charge in [0, 0.05) is 45.1 Å². The van der Waals surface area contributed by atoms with E-state index in [1.165, 1.54) is 0 Å². The van der Waals surface area contributed by atoms with Gasteiger partial charge in [-0.2, -0.15) is 4.98 Å². The van der Waals surface area contributed by atoms with Crippen LogP contribution in [0.25, 0.3) is 0 Å². The molecule has 0 spiro atoms. The van der Waals surface area contributed by atoms with Crippen LogP contribution in [-0.4, -0.2) is 76.3 Å². The summed E-state index contributed by atoms with van der Waals surface area (Å²) < 4.78 is 5.44. The average Bonchev–Trinajstić information content (AvgIpc) is 3.05. The number of aromatic amines is 1. The molecule has 0 saturated carbocycles. The number of rotatable bonds is 5. The molecule has 0 aliphatic carbocycles. The van der Waals surface area contributed by atoms with Gasteiger partial charge in [-0.1, -0.05) is 0 Å². The van der Waals surface area contributed by atoms with E-state index >= 15 is 0 Å². The molecule has 1 amide bonds. The van der Waals surface area contributed by atoms with Crippen LogP contribution in [0.4, 0.5) is 5.95 Å². The number of piperidine rings is 1. The summed E-state index contributed by atoms with van der Waals surface area (Å²) in [6, 6.07) is 0.573. The number of aromatic nitrogens is 3. The van der Waals surface area contributed by atoms with Crippen molar-refractivity contribution in [2.75, 3.05) is 45.1 Å². The van der Waals surface area contributed by atoms with Crippen molar-refractivity contribution >= 4 is 11.9 Å². The first-order valence-electron chi connectivity index (χ1n) is 8.90. The lowest BCUT2D eigenvalue weighted by molar-refractivity contribution is -0.133. The van der Waals surface area contributed by atoms with E-state index in [1.807, 2.05) is 4.90 Å². The number of carbonyl (C=O) groups is 1. The molecular weight excluding hydrogens is 308 g/mol. The molecule has 2 aliphatic heterocycles. The van der Waals surface area contributed by atoms with E-state index in [4.69, 9.17) is 10.5 Å². The number of anilines is 1. The van der Waals surface area contributed by atoms with Crippen LogP contribution in [-0.2, 0) is 16.0 Å². The molecule has 1 aromatic heterocycles. The number of H-pyrrole nitrogens is 1. The van der Waals surface area contributed by atoms with Gasteiger partial charge in [0.1, 0.15) is 5.82 Å². The number of ether oxygens (including phenoxy) is 1. The molecule has 3 rings (SSSR count). The van der Waals surface area contributed by atoms with Crippen molar-refractivity contribution in [3.63, 3.8) is 0 Å². The second-order valence-corrected chi connectivity index (χ2v) is 6.75. The molecule has 3 heterocycles. The highest BCUT2D eigenvalue weighted by Crippen LogP contribution is 2.25. The Balaban J connectivity index is 1.41. The molecule has 1 aromatic rings. The molecular formula is C16H28N6O2. The molecule has 0 radical (unpaired) electrons. The molecule has 1 atom stereocenters. The Morgan fingerprint density at radius 2 is 2.04 bits per heavy atom. The third-order valence-corrected chi connectivity index (χ3v) is 5.32. The van der Waals surface area contributed by atoms with Gasteiger partial charge >= 0.3 is 0 Å². The summed E-state index contributed by atoms with van der Waals surface area (Å²) in [5, 5.41) is 6.53. The fourth-order valence-electron chi connectivity index (χ4n) is 3.72. The van der Waals surface area contributed by atoms with E-state index in [0.717, 1.165) is 52.2 Å². The van der Waals surface area contributed by atoms with Gasteiger partial charge in [0.2, 0.25) is 11.9 Å². The maximum absolute atomic E-state index is 12.4. The zero-order valence-electron chi connectivity index (χ0n) is 14.4. The number of nitrogen functional groups attached to an aromatic ring is 1. The zero-order chi connectivity index (χ0) is 16.9. The summed E-state index contributed by atoms with van der Waals surface area (Å²) >= 11 is 0. The van der Waals surface area contributed by atoms with Crippen LogP contribution in [0.5, 0.6) is 0 Å². The quantitative estimate of drug-likeness (QED) is 0.801. The zero-order valence-corrected chi connectivity index (χ0v) is 14.4. The molecule has 24 heavy (non-hydrogen) atoms. The van der Waals surface area contributed by atoms with Gasteiger partial charge in [0.05, 0.1) is 13.2 Å². The Morgan fingerprint density at radius 3 is 2.67 bits per heavy atom. The lowest BCUT2D eigenvalue weighted by atomic mass is 9.89. The van der Waals surface area contributed by atoms with Gasteiger partial charge in [-0.3, -0.25) is 14.8 Å². The normalized spacial score (nSPS) is 21.8. The molecule has 8 heteroatoms. The van der Waals surface area contributed by atoms with Crippen molar-refractivity contribution in [3.05, 3.63) is 5.82 Å². The average molecular weight is 336 g/mol. The predicted octanol–water partition coefficient (Wildman–Crippen LogP) is 0.279. The van der Waals surface area contributed by atoms with Crippen molar-refractivity contribution in [1.29, 1.82) is 0 Å². The minimum absolute atomic E-state index is 0.197. The largest absolute Gasteiger partial charge is 0.379 e. The molecule has 3 N–H and O–H groups in total. The molecule has 0 aromatic carbocycles. The van der Waals surface area contributed by atoms with Crippen molar-refractivity contribution in [3.8, 4) is 0 Å². The molecule has 134 valence electrons. The second-order valence-electron chi connectivity index (χ2n) is 6.75. The highest BCUT2D eigenvalue weighted by molar-refractivity contribution is 5.76. The van der Waals surface area contributed by atoms with Crippen LogP contribution >= 0.6 is 0 Å². The van der Waals surface area contributed by atoms with Gasteiger partial charge in [-0.05, 0) is 25.7 Å². The number of likely N-dealkylation sites (tertiary alicyclic amines) is 1. The number of amides is 1. The number of nitrogens with one attached hydrogen (secondary N) is 1. The number of nitrogens with two attached hydrogens (primary N) is 1. The van der Waals surface area contributed by atoms with Crippen LogP contribution in [0.1, 0.15) is 32.0 Å². The van der Waals surface area contributed by atoms with Crippen molar-refractivity contribution < 1.29 is 9.53 Å². The lowest BCUT2D eigenvalue weighted by Crippen LogP contribution is -2.49. The number of morpholine rings is 1. The van der Waals surface area contributed by atoms with Crippen LogP contribution in [0.3, 0.4) is 0 Å². The highest BCUT2D eigenvalue weighted by atomic mass is 16.5. The number of carbonyl (C=O) groups excluding carboxylic acids is 1. The minimum Gasteiger partial charge on any atom is -0.379 e. The maximum Gasteiger partial charge on any atom is 0.239 e. The summed E-state index contributed by atoms with van der Waals surface area (Å²) in [5.74, 6) is 1.77. The Bertz CT molecular complexity index is 534. The molecule has 2 saturated heterocycles. The minimum atomic E-state index is 0.197. The first-order valence-corrected chi connectivity index (χ1v) is 8.90. The lowest BCUT2D eigenvalue weighted by Gasteiger charge is -2.41. The maximum atomic E-state index is 12.4. The number of aryl methyl sites for hydroxylation is 1. The highest BCUT2D eigenvalue weighted by Gasteiger charge is 2.29. The van der Waals surface area contributed by atoms with E-state index < -0.39 is 0 Å². The summed E-state index contributed by atoms with van der Waals surface area (Å²) in [6.45, 7) is 7.78. The summed E-state index contributed by atoms with van der Waals surface area (Å²) in [4.78, 5) is 20.9. The van der Waals surface area contributed by atoms with E-state index in [9.17, 15) is 4.79 Å². The van der Waals surface area contributed by atoms with E-state index in [2.05, 4.69) is 27.0 Å². The van der Waals surface area contributed by atoms with Gasteiger partial charge in [0.15, 0.2) is 0 Å². The van der Waals surface area contributed by atoms with Crippen LogP contribution in [0.2, 0.25) is 0 Å². The molecule has 0 unspecified atom stereocenters. The fourth-order valence-corrected chi connectivity index (χ4v) is 3.72. The molecule has 8 nitrogen and oxygen atoms in total. The molecule has 0 bridgehead atoms. The van der Waals surface area contributed by atoms with Gasteiger partial charge < -0.3 is 15.4 Å². The SMILES string of the molecule is C[C@H](C1CCN(C(=O)CCc2nc(N)n[nH]2)CC1)N1CCOCC1. The van der Waals surface area contributed by atoms with Crippen molar-refractivity contribution in [2.24, 2.45) is 5.92 Å². The molecule has 2 fully saturated rings. The Hall–Kier alpha value is -1.67. The van der Waals surface area contributed by atoms with E-state index in [0.29, 0.717) is 30.6 Å². The monoisotopic (exact) mass is 336 g/mol. The fraction of sp³-hybridized carbons (Fsp3) is 0.812. The summed E-state index contributed by atoms with van der Waals surface area (Å²) in [7, 11) is 0. The Labute approximate surface area is 142 Å². The summed E-state index contributed by atoms with van der Waals surface area (Å²) in [5.41, 5.74) is 5.47. The number of nitrogens with zero attached hydrogens (tertiary/aromatic N) is 4. The third-order valence-electron chi connectivity index (χ3n) is 5.32. The first-order chi connectivity index (χ1) is 11.6. The van der Waals surface area contributed by atoms with Gasteiger partial charge in [-0.25, -0.2) is 0 Å². The number of hydrogen-bond acceptors (Lipinski definition) is 6. The third kappa shape index (κ3) is 4.24. The van der Waals surface area contributed by atoms with Crippen LogP contribution < -0.4 is 5.73 Å². The van der Waals surface area contributed by atoms with Crippen LogP contribution in [0.15, 0.2) is 0 Å².